The van der Waals surface area contributed by atoms with Crippen molar-refractivity contribution in [3.63, 3.8) is 0 Å². The number of carbonyl (C=O) groups excluding carboxylic acids is 2. The number of ether oxygens (including phenoxy) is 2. The summed E-state index contributed by atoms with van der Waals surface area (Å²) in [6, 6.07) is 23.4. The van der Waals surface area contributed by atoms with Crippen molar-refractivity contribution in [2.75, 3.05) is 24.3 Å². The molecule has 0 aliphatic heterocycles. The van der Waals surface area contributed by atoms with E-state index in [4.69, 9.17) is 4.74 Å². The van der Waals surface area contributed by atoms with E-state index in [2.05, 4.69) is 15.4 Å². The van der Waals surface area contributed by atoms with Crippen molar-refractivity contribution in [2.24, 2.45) is 0 Å². The molecule has 0 radical (unpaired) electrons. The number of hydrogen-bond donors (Lipinski definition) is 2. The predicted octanol–water partition coefficient (Wildman–Crippen LogP) is 4.32. The summed E-state index contributed by atoms with van der Waals surface area (Å²) in [6.07, 6.45) is 0. The van der Waals surface area contributed by atoms with Crippen LogP contribution in [0.5, 0.6) is 11.5 Å². The van der Waals surface area contributed by atoms with Gasteiger partial charge in [-0.1, -0.05) is 18.2 Å². The molecule has 0 saturated heterocycles. The summed E-state index contributed by atoms with van der Waals surface area (Å²) >= 11 is 0. The number of methoxy groups -OCH3 is 1. The fourth-order valence-electron chi connectivity index (χ4n) is 2.46. The maximum atomic E-state index is 12.1. The molecule has 6 heteroatoms. The molecule has 2 N–H and O–H groups in total. The fraction of sp³-hybridized carbons (Fsp3) is 0.0909. The first-order valence-corrected chi connectivity index (χ1v) is 8.69. The molecule has 0 spiro atoms. The first-order chi connectivity index (χ1) is 13.6. The molecule has 0 atom stereocenters. The molecule has 0 aliphatic carbocycles. The highest BCUT2D eigenvalue weighted by atomic mass is 16.5. The largest absolute Gasteiger partial charge is 0.465 e. The quantitative estimate of drug-likeness (QED) is 0.601. The highest BCUT2D eigenvalue weighted by Gasteiger charge is 2.06. The first-order valence-electron chi connectivity index (χ1n) is 8.69. The molecule has 3 aromatic rings. The summed E-state index contributed by atoms with van der Waals surface area (Å²) in [6.45, 7) is 0.109. The van der Waals surface area contributed by atoms with Gasteiger partial charge >= 0.3 is 5.97 Å². The zero-order chi connectivity index (χ0) is 19.8. The van der Waals surface area contributed by atoms with Crippen LogP contribution in [0.3, 0.4) is 0 Å². The van der Waals surface area contributed by atoms with E-state index in [1.807, 2.05) is 54.6 Å². The average molecular weight is 376 g/mol. The highest BCUT2D eigenvalue weighted by Crippen LogP contribution is 2.22. The Hall–Kier alpha value is -3.80. The Morgan fingerprint density at radius 1 is 0.786 bits per heavy atom. The van der Waals surface area contributed by atoms with Gasteiger partial charge in [-0.2, -0.15) is 0 Å². The third kappa shape index (κ3) is 5.35. The third-order valence-electron chi connectivity index (χ3n) is 3.88. The summed E-state index contributed by atoms with van der Waals surface area (Å²) in [5.74, 6) is 0.863. The van der Waals surface area contributed by atoms with Crippen molar-refractivity contribution >= 4 is 23.3 Å². The number of rotatable bonds is 7. The summed E-state index contributed by atoms with van der Waals surface area (Å²) in [7, 11) is 1.32. The second kappa shape index (κ2) is 9.23. The zero-order valence-corrected chi connectivity index (χ0v) is 15.3. The zero-order valence-electron chi connectivity index (χ0n) is 15.3. The Kier molecular flexibility index (Phi) is 6.25. The lowest BCUT2D eigenvalue weighted by Gasteiger charge is -2.10. The van der Waals surface area contributed by atoms with E-state index in [-0.39, 0.29) is 12.5 Å². The van der Waals surface area contributed by atoms with E-state index in [9.17, 15) is 9.59 Å². The van der Waals surface area contributed by atoms with E-state index in [1.165, 1.54) is 7.11 Å². The van der Waals surface area contributed by atoms with Crippen LogP contribution in [-0.4, -0.2) is 25.5 Å². The van der Waals surface area contributed by atoms with Gasteiger partial charge in [0.05, 0.1) is 19.2 Å². The highest BCUT2D eigenvalue weighted by molar-refractivity contribution is 5.95. The molecule has 0 fully saturated rings. The minimum Gasteiger partial charge on any atom is -0.465 e. The van der Waals surface area contributed by atoms with Gasteiger partial charge in [-0.15, -0.1) is 0 Å². The van der Waals surface area contributed by atoms with Crippen molar-refractivity contribution in [3.05, 3.63) is 84.4 Å². The maximum Gasteiger partial charge on any atom is 0.337 e. The summed E-state index contributed by atoms with van der Waals surface area (Å²) < 4.78 is 10.4. The van der Waals surface area contributed by atoms with Gasteiger partial charge in [-0.05, 0) is 60.7 Å². The van der Waals surface area contributed by atoms with Gasteiger partial charge in [0.2, 0.25) is 5.91 Å². The van der Waals surface area contributed by atoms with E-state index in [0.29, 0.717) is 17.0 Å². The molecule has 0 heterocycles. The van der Waals surface area contributed by atoms with Crippen molar-refractivity contribution < 1.29 is 19.1 Å². The molecule has 0 aliphatic rings. The van der Waals surface area contributed by atoms with E-state index >= 15 is 0 Å². The van der Waals surface area contributed by atoms with E-state index in [1.54, 1.807) is 24.3 Å². The van der Waals surface area contributed by atoms with Gasteiger partial charge in [0.1, 0.15) is 11.5 Å². The van der Waals surface area contributed by atoms with Crippen LogP contribution >= 0.6 is 0 Å². The number of hydrogen-bond acceptors (Lipinski definition) is 5. The van der Waals surface area contributed by atoms with Crippen molar-refractivity contribution in [3.8, 4) is 11.5 Å². The topological polar surface area (TPSA) is 76.7 Å². The fourth-order valence-corrected chi connectivity index (χ4v) is 2.46. The van der Waals surface area contributed by atoms with Crippen LogP contribution in [0.4, 0.5) is 11.4 Å². The molecule has 1 amide bonds. The van der Waals surface area contributed by atoms with Crippen molar-refractivity contribution in [1.82, 2.24) is 0 Å². The maximum absolute atomic E-state index is 12.1. The van der Waals surface area contributed by atoms with Gasteiger partial charge in [0.25, 0.3) is 0 Å². The molecule has 0 unspecified atom stereocenters. The van der Waals surface area contributed by atoms with Crippen LogP contribution in [0, 0.1) is 0 Å². The number of anilines is 2. The lowest BCUT2D eigenvalue weighted by atomic mass is 10.2. The number of carbonyl (C=O) groups is 2. The molecule has 0 aromatic heterocycles. The SMILES string of the molecule is COC(=O)c1ccc(NC(=O)CNc2ccc(Oc3ccccc3)cc2)cc1. The van der Waals surface area contributed by atoms with Gasteiger partial charge in [0, 0.05) is 11.4 Å². The Labute approximate surface area is 163 Å². The van der Waals surface area contributed by atoms with Crippen LogP contribution < -0.4 is 15.4 Å². The Morgan fingerprint density at radius 2 is 1.39 bits per heavy atom. The number of benzene rings is 3. The average Bonchev–Trinajstić information content (AvgIpc) is 2.74. The lowest BCUT2D eigenvalue weighted by Crippen LogP contribution is -2.21. The number of esters is 1. The molecule has 142 valence electrons. The van der Waals surface area contributed by atoms with Gasteiger partial charge in [-0.3, -0.25) is 4.79 Å². The van der Waals surface area contributed by atoms with Crippen LogP contribution in [0.15, 0.2) is 78.9 Å². The molecule has 3 rings (SSSR count). The van der Waals surface area contributed by atoms with Crippen LogP contribution in [-0.2, 0) is 9.53 Å². The smallest absolute Gasteiger partial charge is 0.337 e. The number of amides is 1. The monoisotopic (exact) mass is 376 g/mol. The van der Waals surface area contributed by atoms with E-state index in [0.717, 1.165) is 11.4 Å². The van der Waals surface area contributed by atoms with Crippen LogP contribution in [0.2, 0.25) is 0 Å². The first kappa shape index (κ1) is 19.0. The predicted molar refractivity (Wildman–Crippen MR) is 108 cm³/mol. The summed E-state index contributed by atoms with van der Waals surface area (Å²) in [5.41, 5.74) is 1.83. The van der Waals surface area contributed by atoms with Crippen LogP contribution in [0.1, 0.15) is 10.4 Å². The van der Waals surface area contributed by atoms with Gasteiger partial charge in [0.15, 0.2) is 0 Å². The molecule has 0 saturated carbocycles. The van der Waals surface area contributed by atoms with Crippen LogP contribution in [0.25, 0.3) is 0 Å². The lowest BCUT2D eigenvalue weighted by molar-refractivity contribution is -0.114. The summed E-state index contributed by atoms with van der Waals surface area (Å²) in [5, 5.41) is 5.81. The standard InChI is InChI=1S/C22H20N2O4/c1-27-22(26)16-7-9-18(10-8-16)24-21(25)15-23-17-11-13-20(14-12-17)28-19-5-3-2-4-6-19/h2-14,23H,15H2,1H3,(H,24,25). The number of para-hydroxylation sites is 1. The molecule has 6 nitrogen and oxygen atoms in total. The molecular weight excluding hydrogens is 356 g/mol. The van der Waals surface area contributed by atoms with Crippen molar-refractivity contribution in [2.45, 2.75) is 0 Å². The number of nitrogens with one attached hydrogen (secondary N) is 2. The van der Waals surface area contributed by atoms with Gasteiger partial charge < -0.3 is 20.1 Å². The second-order valence-electron chi connectivity index (χ2n) is 5.91. The molecule has 0 bridgehead atoms. The second-order valence-corrected chi connectivity index (χ2v) is 5.91. The Bertz CT molecular complexity index is 923. The summed E-state index contributed by atoms with van der Waals surface area (Å²) in [4.78, 5) is 23.5. The van der Waals surface area contributed by atoms with Crippen molar-refractivity contribution in [1.29, 1.82) is 0 Å². The third-order valence-corrected chi connectivity index (χ3v) is 3.88. The molecule has 3 aromatic carbocycles. The minimum atomic E-state index is -0.417. The Balaban J connectivity index is 1.48. The minimum absolute atomic E-state index is 0.109. The van der Waals surface area contributed by atoms with Gasteiger partial charge in [-0.25, -0.2) is 4.79 Å². The Morgan fingerprint density at radius 3 is 2.04 bits per heavy atom. The molecular formula is C22H20N2O4. The molecule has 28 heavy (non-hydrogen) atoms. The van der Waals surface area contributed by atoms with E-state index < -0.39 is 5.97 Å². The normalized spacial score (nSPS) is 10.0.